The molecule has 0 amide bonds. The summed E-state index contributed by atoms with van der Waals surface area (Å²) in [6.45, 7) is 5.87. The maximum absolute atomic E-state index is 11.1. The molecule has 0 aliphatic carbocycles. The minimum absolute atomic E-state index is 0.299. The number of hydrogen-bond donors (Lipinski definition) is 0. The maximum Gasteiger partial charge on any atom is 0.0796 e. The third kappa shape index (κ3) is 4.99. The van der Waals surface area contributed by atoms with Gasteiger partial charge < -0.3 is 0 Å². The second-order valence-electron chi connectivity index (χ2n) is 2.95. The molecule has 0 aromatic carbocycles. The first-order chi connectivity index (χ1) is 5.61. The first-order valence-corrected chi connectivity index (χ1v) is 7.00. The zero-order valence-electron chi connectivity index (χ0n) is 8.08. The Morgan fingerprint density at radius 3 is 2.50 bits per heavy atom. The van der Waals surface area contributed by atoms with E-state index in [1.165, 1.54) is 0 Å². The van der Waals surface area contributed by atoms with Crippen LogP contribution in [0.4, 0.5) is 0 Å². The summed E-state index contributed by atoms with van der Waals surface area (Å²) >= 11 is 1.70. The molecule has 0 bridgehead atoms. The first kappa shape index (κ1) is 12.2. The molecule has 0 heterocycles. The highest BCUT2D eigenvalue weighted by Gasteiger charge is 2.11. The summed E-state index contributed by atoms with van der Waals surface area (Å²) in [5.74, 6) is 0.545. The Kier molecular flexibility index (Phi) is 6.86. The van der Waals surface area contributed by atoms with Gasteiger partial charge in [-0.25, -0.2) is 0 Å². The summed E-state index contributed by atoms with van der Waals surface area (Å²) in [6.07, 6.45) is 7.87. The molecule has 3 unspecified atom stereocenters. The molecule has 0 fully saturated rings. The normalized spacial score (nSPS) is 18.2. The van der Waals surface area contributed by atoms with Crippen LogP contribution < -0.4 is 0 Å². The van der Waals surface area contributed by atoms with Crippen LogP contribution in [0.1, 0.15) is 19.8 Å². The molecule has 72 valence electrons. The van der Waals surface area contributed by atoms with E-state index < -0.39 is 10.8 Å². The van der Waals surface area contributed by atoms with Crippen LogP contribution in [0, 0.1) is 5.92 Å². The number of thioether (sulfide) groups is 1. The highest BCUT2D eigenvalue weighted by Crippen LogP contribution is 2.19. The van der Waals surface area contributed by atoms with Crippen molar-refractivity contribution < 1.29 is 4.21 Å². The molecule has 0 saturated carbocycles. The topological polar surface area (TPSA) is 17.1 Å². The average Bonchev–Trinajstić information content (AvgIpc) is 2.04. The van der Waals surface area contributed by atoms with Crippen molar-refractivity contribution in [3.8, 4) is 0 Å². The quantitative estimate of drug-likeness (QED) is 0.622. The second-order valence-corrected chi connectivity index (χ2v) is 5.86. The lowest BCUT2D eigenvalue weighted by Crippen LogP contribution is -2.10. The second kappa shape index (κ2) is 6.72. The number of hydrogen-bond acceptors (Lipinski definition) is 2. The van der Waals surface area contributed by atoms with Gasteiger partial charge in [-0.2, -0.15) is 0 Å². The van der Waals surface area contributed by atoms with Crippen molar-refractivity contribution in [3.63, 3.8) is 0 Å². The van der Waals surface area contributed by atoms with Crippen molar-refractivity contribution in [1.29, 1.82) is 0 Å². The summed E-state index contributed by atoms with van der Waals surface area (Å²) in [6, 6.07) is 0. The van der Waals surface area contributed by atoms with Crippen LogP contribution in [0.3, 0.4) is 0 Å². The highest BCUT2D eigenvalue weighted by atomic mass is 32.2. The van der Waals surface area contributed by atoms with E-state index in [1.807, 2.05) is 12.3 Å². The molecule has 12 heavy (non-hydrogen) atoms. The molecule has 0 aliphatic heterocycles. The van der Waals surface area contributed by atoms with E-state index in [0.29, 0.717) is 10.5 Å². The van der Waals surface area contributed by atoms with Gasteiger partial charge in [0.15, 0.2) is 0 Å². The molecule has 0 rings (SSSR count). The smallest absolute Gasteiger partial charge is 0.0796 e. The molecule has 0 saturated heterocycles. The maximum atomic E-state index is 11.1. The van der Waals surface area contributed by atoms with Gasteiger partial charge in [-0.05, 0) is 25.0 Å². The van der Waals surface area contributed by atoms with Gasteiger partial charge in [0.2, 0.25) is 0 Å². The lowest BCUT2D eigenvalue weighted by Gasteiger charge is -2.12. The Balaban J connectivity index is 3.72. The minimum atomic E-state index is -0.693. The van der Waals surface area contributed by atoms with Crippen molar-refractivity contribution in [3.05, 3.63) is 12.7 Å². The number of allylic oxidation sites excluding steroid dienone is 1. The third-order valence-electron chi connectivity index (χ3n) is 1.89. The molecule has 0 spiro atoms. The zero-order chi connectivity index (χ0) is 9.56. The Morgan fingerprint density at radius 1 is 1.58 bits per heavy atom. The molecule has 0 aliphatic rings. The van der Waals surface area contributed by atoms with Crippen LogP contribution in [0.2, 0.25) is 0 Å². The van der Waals surface area contributed by atoms with Crippen LogP contribution in [0.5, 0.6) is 0 Å². The van der Waals surface area contributed by atoms with E-state index in [0.717, 1.165) is 12.8 Å². The van der Waals surface area contributed by atoms with Gasteiger partial charge in [0.05, 0.1) is 4.58 Å². The van der Waals surface area contributed by atoms with Crippen molar-refractivity contribution in [2.24, 2.45) is 5.92 Å². The highest BCUT2D eigenvalue weighted by molar-refractivity contribution is 8.10. The predicted octanol–water partition coefficient (Wildman–Crippen LogP) is 2.66. The standard InChI is InChI=1S/C9H18OS2/c1-5-8(2)6-7-9(11-3)12(4)10/h5,8-9H,1,6-7H2,2-4H3. The monoisotopic (exact) mass is 206 g/mol. The SMILES string of the molecule is C=CC(C)CCC(SC)S(C)=O. The van der Waals surface area contributed by atoms with Gasteiger partial charge >= 0.3 is 0 Å². The number of rotatable bonds is 6. The zero-order valence-corrected chi connectivity index (χ0v) is 9.71. The Bertz CT molecular complexity index is 157. The van der Waals surface area contributed by atoms with Gasteiger partial charge in [-0.3, -0.25) is 4.21 Å². The fourth-order valence-corrected chi connectivity index (χ4v) is 2.86. The van der Waals surface area contributed by atoms with E-state index >= 15 is 0 Å². The fraction of sp³-hybridized carbons (Fsp3) is 0.778. The molecule has 3 atom stereocenters. The van der Waals surface area contributed by atoms with E-state index in [4.69, 9.17) is 0 Å². The fourth-order valence-electron chi connectivity index (χ4n) is 0.936. The predicted molar refractivity (Wildman–Crippen MR) is 60.0 cm³/mol. The van der Waals surface area contributed by atoms with Gasteiger partial charge in [0, 0.05) is 17.1 Å². The average molecular weight is 206 g/mol. The van der Waals surface area contributed by atoms with E-state index in [9.17, 15) is 4.21 Å². The molecule has 1 nitrogen and oxygen atoms in total. The third-order valence-corrected chi connectivity index (χ3v) is 5.02. The lowest BCUT2D eigenvalue weighted by molar-refractivity contribution is 0.622. The van der Waals surface area contributed by atoms with Crippen LogP contribution in [-0.2, 0) is 10.8 Å². The van der Waals surface area contributed by atoms with Crippen LogP contribution >= 0.6 is 11.8 Å². The lowest BCUT2D eigenvalue weighted by atomic mass is 10.1. The van der Waals surface area contributed by atoms with Crippen LogP contribution in [-0.4, -0.2) is 21.3 Å². The summed E-state index contributed by atoms with van der Waals surface area (Å²) in [5, 5.41) is 0. The van der Waals surface area contributed by atoms with Crippen molar-refractivity contribution >= 4 is 22.6 Å². The van der Waals surface area contributed by atoms with Crippen LogP contribution in [0.15, 0.2) is 12.7 Å². The summed E-state index contributed by atoms with van der Waals surface area (Å²) < 4.78 is 11.4. The van der Waals surface area contributed by atoms with Crippen molar-refractivity contribution in [2.45, 2.75) is 24.3 Å². The molecule has 0 radical (unpaired) electrons. The molecule has 0 aromatic rings. The Hall–Kier alpha value is 0.240. The molecule has 0 N–H and O–H groups in total. The van der Waals surface area contributed by atoms with Gasteiger partial charge in [-0.15, -0.1) is 18.3 Å². The van der Waals surface area contributed by atoms with Gasteiger partial charge in [0.25, 0.3) is 0 Å². The Morgan fingerprint density at radius 2 is 2.17 bits per heavy atom. The molecular formula is C9H18OS2. The van der Waals surface area contributed by atoms with Crippen molar-refractivity contribution in [2.75, 3.05) is 12.5 Å². The molecule has 0 aromatic heterocycles. The summed E-state index contributed by atoms with van der Waals surface area (Å²) in [4.78, 5) is 0. The molecule has 3 heteroatoms. The van der Waals surface area contributed by atoms with Gasteiger partial charge in [-0.1, -0.05) is 13.0 Å². The minimum Gasteiger partial charge on any atom is -0.259 e. The van der Waals surface area contributed by atoms with E-state index in [2.05, 4.69) is 13.5 Å². The first-order valence-electron chi connectivity index (χ1n) is 4.09. The van der Waals surface area contributed by atoms with Gasteiger partial charge in [0.1, 0.15) is 0 Å². The van der Waals surface area contributed by atoms with E-state index in [-0.39, 0.29) is 0 Å². The largest absolute Gasteiger partial charge is 0.259 e. The summed E-state index contributed by atoms with van der Waals surface area (Å²) in [7, 11) is -0.693. The van der Waals surface area contributed by atoms with Crippen LogP contribution in [0.25, 0.3) is 0 Å². The Labute approximate surface area is 82.5 Å². The van der Waals surface area contributed by atoms with Crippen molar-refractivity contribution in [1.82, 2.24) is 0 Å². The van der Waals surface area contributed by atoms with E-state index in [1.54, 1.807) is 18.0 Å². The molecular weight excluding hydrogens is 188 g/mol. The summed E-state index contributed by atoms with van der Waals surface area (Å²) in [5.41, 5.74) is 0.